The summed E-state index contributed by atoms with van der Waals surface area (Å²) in [5, 5.41) is 0. The maximum atomic E-state index is 13.5. The molecular formula is C28H42N2O8S. The lowest BCUT2D eigenvalue weighted by Crippen LogP contribution is -2.40. The Morgan fingerprint density at radius 2 is 1.31 bits per heavy atom. The van der Waals surface area contributed by atoms with Crippen molar-refractivity contribution in [2.75, 3.05) is 73.5 Å². The molecule has 0 saturated heterocycles. The number of Topliss-reactive ketones (excluding diaryl/α,β-unsaturated/α-hetero) is 1. The summed E-state index contributed by atoms with van der Waals surface area (Å²) in [5.41, 5.74) is 0.943. The van der Waals surface area contributed by atoms with Crippen molar-refractivity contribution >= 4 is 15.9 Å². The largest absolute Gasteiger partial charge is 0.492 e. The van der Waals surface area contributed by atoms with Crippen LogP contribution in [0.25, 0.3) is 0 Å². The summed E-state index contributed by atoms with van der Waals surface area (Å²) in [6.07, 6.45) is 1.42. The van der Waals surface area contributed by atoms with E-state index in [9.17, 15) is 13.2 Å². The van der Waals surface area contributed by atoms with Gasteiger partial charge in [0, 0.05) is 38.4 Å². The number of rotatable bonds is 19. The summed E-state index contributed by atoms with van der Waals surface area (Å²) >= 11 is 0. The molecule has 0 aromatic heterocycles. The highest BCUT2D eigenvalue weighted by Gasteiger charge is 2.41. The summed E-state index contributed by atoms with van der Waals surface area (Å²) in [4.78, 5) is 17.6. The van der Waals surface area contributed by atoms with Gasteiger partial charge in [0.25, 0.3) is 15.9 Å². The van der Waals surface area contributed by atoms with Crippen molar-refractivity contribution < 1.29 is 36.7 Å². The van der Waals surface area contributed by atoms with Gasteiger partial charge in [0.05, 0.1) is 5.75 Å². The minimum Gasteiger partial charge on any atom is -0.492 e. The van der Waals surface area contributed by atoms with Crippen LogP contribution in [-0.2, 0) is 25.4 Å². The number of carbonyl (C=O) groups excluding carboxylic acids is 1. The van der Waals surface area contributed by atoms with Crippen LogP contribution in [0.2, 0.25) is 0 Å². The molecule has 0 saturated carbocycles. The van der Waals surface area contributed by atoms with E-state index in [2.05, 4.69) is 18.9 Å². The van der Waals surface area contributed by atoms with Gasteiger partial charge in [-0.15, -0.1) is 0 Å². The highest BCUT2D eigenvalue weighted by atomic mass is 32.2. The Balaban J connectivity index is 1.97. The molecule has 0 aliphatic heterocycles. The van der Waals surface area contributed by atoms with Crippen molar-refractivity contribution in [1.29, 1.82) is 0 Å². The molecule has 11 heteroatoms. The van der Waals surface area contributed by atoms with Crippen LogP contribution in [0.5, 0.6) is 11.5 Å². The lowest BCUT2D eigenvalue weighted by Gasteiger charge is -2.30. The summed E-state index contributed by atoms with van der Waals surface area (Å²) in [5.74, 6) is -0.959. The first-order valence-corrected chi connectivity index (χ1v) is 14.6. The van der Waals surface area contributed by atoms with Gasteiger partial charge in [-0.1, -0.05) is 6.92 Å². The number of carbonyl (C=O) groups is 1. The van der Waals surface area contributed by atoms with E-state index in [0.29, 0.717) is 55.4 Å². The first-order chi connectivity index (χ1) is 18.5. The zero-order valence-electron chi connectivity index (χ0n) is 23.6. The van der Waals surface area contributed by atoms with Crippen LogP contribution >= 0.6 is 0 Å². The zero-order chi connectivity index (χ0) is 28.9. The molecule has 2 aromatic carbocycles. The Morgan fingerprint density at radius 3 is 1.77 bits per heavy atom. The Morgan fingerprint density at radius 1 is 0.821 bits per heavy atom. The molecule has 2 aromatic rings. The van der Waals surface area contributed by atoms with E-state index in [1.807, 2.05) is 11.9 Å². The third-order valence-electron chi connectivity index (χ3n) is 6.26. The normalized spacial score (nSPS) is 12.2. The van der Waals surface area contributed by atoms with Crippen molar-refractivity contribution in [3.63, 3.8) is 0 Å². The first kappa shape index (κ1) is 32.7. The van der Waals surface area contributed by atoms with E-state index in [0.717, 1.165) is 19.5 Å². The predicted molar refractivity (Wildman–Crippen MR) is 150 cm³/mol. The molecule has 39 heavy (non-hydrogen) atoms. The van der Waals surface area contributed by atoms with E-state index in [-0.39, 0.29) is 11.5 Å². The van der Waals surface area contributed by atoms with Crippen LogP contribution < -0.4 is 9.47 Å². The fourth-order valence-corrected chi connectivity index (χ4v) is 4.55. The lowest BCUT2D eigenvalue weighted by atomic mass is 9.95. The molecule has 0 spiro atoms. The molecule has 0 fully saturated rings. The molecule has 218 valence electrons. The smallest absolute Gasteiger partial charge is 0.264 e. The number of ether oxygens (including phenoxy) is 4. The summed E-state index contributed by atoms with van der Waals surface area (Å²) in [6.45, 7) is 5.99. The quantitative estimate of drug-likeness (QED) is 0.154. The Hall–Kier alpha value is -2.54. The second-order valence-electron chi connectivity index (χ2n) is 9.35. The van der Waals surface area contributed by atoms with Gasteiger partial charge in [0.2, 0.25) is 5.78 Å². The van der Waals surface area contributed by atoms with Crippen molar-refractivity contribution in [1.82, 2.24) is 9.80 Å². The van der Waals surface area contributed by atoms with Gasteiger partial charge in [-0.2, -0.15) is 8.42 Å². The Labute approximate surface area is 232 Å². The van der Waals surface area contributed by atoms with Crippen LogP contribution in [-0.4, -0.2) is 102 Å². The van der Waals surface area contributed by atoms with E-state index >= 15 is 0 Å². The van der Waals surface area contributed by atoms with Gasteiger partial charge < -0.3 is 28.7 Å². The number of methoxy groups -OCH3 is 2. The molecule has 0 unspecified atom stereocenters. The van der Waals surface area contributed by atoms with Crippen molar-refractivity contribution in [3.8, 4) is 11.5 Å². The predicted octanol–water partition coefficient (Wildman–Crippen LogP) is 3.32. The molecule has 0 amide bonds. The lowest BCUT2D eigenvalue weighted by molar-refractivity contribution is -0.176. The van der Waals surface area contributed by atoms with Gasteiger partial charge in [-0.25, -0.2) is 0 Å². The van der Waals surface area contributed by atoms with Gasteiger partial charge in [0.15, 0.2) is 0 Å². The van der Waals surface area contributed by atoms with Crippen molar-refractivity contribution in [2.24, 2.45) is 0 Å². The molecule has 0 aliphatic carbocycles. The molecule has 10 nitrogen and oxygen atoms in total. The van der Waals surface area contributed by atoms with Crippen LogP contribution in [0.15, 0.2) is 48.5 Å². The molecule has 0 heterocycles. The summed E-state index contributed by atoms with van der Waals surface area (Å²) in [7, 11) is 2.82. The third kappa shape index (κ3) is 10.5. The fraction of sp³-hybridized carbons (Fsp3) is 0.536. The molecule has 0 atom stereocenters. The number of nitrogens with zero attached hydrogens (tertiary/aromatic N) is 2. The zero-order valence-corrected chi connectivity index (χ0v) is 24.4. The fourth-order valence-electron chi connectivity index (χ4n) is 4.06. The average molecular weight is 567 g/mol. The van der Waals surface area contributed by atoms with Crippen LogP contribution in [0.4, 0.5) is 0 Å². The number of hydrogen-bond acceptors (Lipinski definition) is 9. The highest BCUT2D eigenvalue weighted by molar-refractivity contribution is 7.85. The second-order valence-corrected chi connectivity index (χ2v) is 10.9. The minimum atomic E-state index is -3.95. The molecule has 0 aliphatic rings. The molecule has 1 N–H and O–H groups in total. The minimum absolute atomic E-state index is 0.271. The maximum absolute atomic E-state index is 13.5. The first-order valence-electron chi connectivity index (χ1n) is 13.0. The highest BCUT2D eigenvalue weighted by Crippen LogP contribution is 2.32. The average Bonchev–Trinajstić information content (AvgIpc) is 2.90. The van der Waals surface area contributed by atoms with E-state index in [4.69, 9.17) is 23.5 Å². The summed E-state index contributed by atoms with van der Waals surface area (Å²) in [6, 6.07) is 13.8. The monoisotopic (exact) mass is 566 g/mol. The topological polar surface area (TPSA) is 115 Å². The van der Waals surface area contributed by atoms with Gasteiger partial charge in [-0.05, 0) is 88.6 Å². The SMILES string of the molecule is CCCN(C)CCOc1ccc(C(OC)(OC)C(=O)c2ccc(OCCN(C)CCCS(=O)(=O)O)cc2)cc1. The van der Waals surface area contributed by atoms with E-state index < -0.39 is 15.9 Å². The van der Waals surface area contributed by atoms with Gasteiger partial charge in [-0.3, -0.25) is 9.35 Å². The van der Waals surface area contributed by atoms with Crippen LogP contribution in [0.3, 0.4) is 0 Å². The number of benzene rings is 2. The van der Waals surface area contributed by atoms with E-state index in [1.165, 1.54) is 14.2 Å². The van der Waals surface area contributed by atoms with Crippen LogP contribution in [0, 0.1) is 0 Å². The third-order valence-corrected chi connectivity index (χ3v) is 7.06. The van der Waals surface area contributed by atoms with E-state index in [1.54, 1.807) is 48.5 Å². The second kappa shape index (κ2) is 15.9. The molecule has 0 radical (unpaired) electrons. The van der Waals surface area contributed by atoms with Crippen LogP contribution in [0.1, 0.15) is 35.7 Å². The maximum Gasteiger partial charge on any atom is 0.264 e. The standard InChI is InChI=1S/C28H42N2O8S/c1-6-16-29(2)18-20-38-26-14-10-24(11-15-26)28(35-4,36-5)27(31)23-8-12-25(13-9-23)37-21-19-30(3)17-7-22-39(32,33)34/h8-15H,6-7,16-22H2,1-5H3,(H,32,33,34). The summed E-state index contributed by atoms with van der Waals surface area (Å²) < 4.78 is 53.3. The van der Waals surface area contributed by atoms with Crippen molar-refractivity contribution in [2.45, 2.75) is 25.6 Å². The Bertz CT molecular complexity index is 1100. The number of likely N-dealkylation sites (N-methyl/N-ethyl adjacent to an activating group) is 2. The van der Waals surface area contributed by atoms with Gasteiger partial charge in [0.1, 0.15) is 24.7 Å². The molecule has 0 bridgehead atoms. The van der Waals surface area contributed by atoms with Crippen molar-refractivity contribution in [3.05, 3.63) is 59.7 Å². The molecular weight excluding hydrogens is 524 g/mol. The number of hydrogen-bond donors (Lipinski definition) is 1. The van der Waals surface area contributed by atoms with Gasteiger partial charge >= 0.3 is 0 Å². The number of ketones is 1. The molecule has 2 rings (SSSR count). The Kier molecular flexibility index (Phi) is 13.3.